The summed E-state index contributed by atoms with van der Waals surface area (Å²) in [6.07, 6.45) is 2.06. The quantitative estimate of drug-likeness (QED) is 0.270. The van der Waals surface area contributed by atoms with Crippen molar-refractivity contribution < 1.29 is 32.5 Å². The minimum atomic E-state index is -1.52. The number of piperidine rings is 1. The van der Waals surface area contributed by atoms with E-state index in [2.05, 4.69) is 21.7 Å². The van der Waals surface area contributed by atoms with Gasteiger partial charge in [-0.15, -0.1) is 0 Å². The van der Waals surface area contributed by atoms with Crippen LogP contribution in [0.25, 0.3) is 10.9 Å². The largest absolute Gasteiger partial charge is 0.497 e. The third-order valence-electron chi connectivity index (χ3n) is 7.12. The molecule has 1 aromatic heterocycles. The molecule has 0 aliphatic carbocycles. The number of likely N-dealkylation sites (tertiary alicyclic amines) is 1. The third-order valence-corrected chi connectivity index (χ3v) is 7.12. The fraction of sp³-hybridized carbons (Fsp3) is 0.393. The number of aromatic nitrogens is 1. The van der Waals surface area contributed by atoms with Crippen molar-refractivity contribution in [2.24, 2.45) is 5.41 Å². The Bertz CT molecular complexity index is 1310. The van der Waals surface area contributed by atoms with Gasteiger partial charge in [0.15, 0.2) is 17.5 Å². The molecule has 1 fully saturated rings. The molecule has 5 nitrogen and oxygen atoms in total. The van der Waals surface area contributed by atoms with Crippen LogP contribution >= 0.6 is 0 Å². The smallest absolute Gasteiger partial charge is 0.194 e. The summed E-state index contributed by atoms with van der Waals surface area (Å²) < 4.78 is 59.7. The Morgan fingerprint density at radius 2 is 1.78 bits per heavy atom. The highest BCUT2D eigenvalue weighted by Crippen LogP contribution is 2.39. The molecule has 4 rings (SSSR count). The summed E-state index contributed by atoms with van der Waals surface area (Å²) >= 11 is 0. The molecule has 2 N–H and O–H groups in total. The predicted molar refractivity (Wildman–Crippen MR) is 131 cm³/mol. The topological polar surface area (TPSA) is 65.8 Å². The number of aliphatic hydroxyl groups is 2. The van der Waals surface area contributed by atoms with Gasteiger partial charge in [0.2, 0.25) is 0 Å². The molecule has 0 amide bonds. The van der Waals surface area contributed by atoms with E-state index in [-0.39, 0.29) is 24.2 Å². The van der Waals surface area contributed by atoms with Crippen LogP contribution in [0.15, 0.2) is 36.5 Å². The van der Waals surface area contributed by atoms with Gasteiger partial charge in [0.25, 0.3) is 0 Å². The lowest BCUT2D eigenvalue weighted by Crippen LogP contribution is -2.42. The Balaban J connectivity index is 1.37. The molecule has 37 heavy (non-hydrogen) atoms. The average molecular weight is 517 g/mol. The van der Waals surface area contributed by atoms with E-state index in [9.17, 15) is 27.8 Å². The monoisotopic (exact) mass is 516 g/mol. The van der Waals surface area contributed by atoms with Crippen molar-refractivity contribution in [3.05, 3.63) is 70.9 Å². The molecule has 0 radical (unpaired) electrons. The lowest BCUT2D eigenvalue weighted by Gasteiger charge is -2.40. The second-order valence-electron chi connectivity index (χ2n) is 9.45. The fourth-order valence-electron chi connectivity index (χ4n) is 4.77. The van der Waals surface area contributed by atoms with E-state index >= 15 is 0 Å². The van der Waals surface area contributed by atoms with Crippen molar-refractivity contribution in [1.82, 2.24) is 9.88 Å². The van der Waals surface area contributed by atoms with Crippen molar-refractivity contribution in [1.29, 1.82) is 0 Å². The number of halogens is 4. The van der Waals surface area contributed by atoms with E-state index in [0.717, 1.165) is 18.3 Å². The number of hydrogen-bond acceptors (Lipinski definition) is 5. The molecule has 3 aromatic rings. The van der Waals surface area contributed by atoms with Gasteiger partial charge >= 0.3 is 0 Å². The van der Waals surface area contributed by atoms with Gasteiger partial charge in [0.05, 0.1) is 31.5 Å². The highest BCUT2D eigenvalue weighted by Gasteiger charge is 2.34. The Morgan fingerprint density at radius 1 is 1.08 bits per heavy atom. The second kappa shape index (κ2) is 11.5. The molecule has 1 aliphatic heterocycles. The van der Waals surface area contributed by atoms with Crippen molar-refractivity contribution in [2.75, 3.05) is 33.4 Å². The maximum atomic E-state index is 14.7. The Morgan fingerprint density at radius 3 is 2.43 bits per heavy atom. The van der Waals surface area contributed by atoms with Crippen molar-refractivity contribution in [2.45, 2.75) is 31.8 Å². The van der Waals surface area contributed by atoms with Crippen LogP contribution in [0.2, 0.25) is 0 Å². The number of rotatable bonds is 7. The first kappa shape index (κ1) is 26.9. The number of nitrogens with zero attached hydrogens (tertiary/aromatic N) is 2. The van der Waals surface area contributed by atoms with Gasteiger partial charge in [-0.25, -0.2) is 17.6 Å². The third kappa shape index (κ3) is 6.04. The Hall–Kier alpha value is -3.19. The normalized spacial score (nSPS) is 16.3. The maximum absolute atomic E-state index is 14.7. The SMILES string of the molecule is COc1ccc2ncc(F)c([C@@H](O)CCC3(CO)CCN(CC#Cc4cc(F)c(F)c(F)c4)CC3)c2c1. The second-order valence-corrected chi connectivity index (χ2v) is 9.45. The molecule has 2 aromatic carbocycles. The number of fused-ring (bicyclic) bond motifs is 1. The van der Waals surface area contributed by atoms with E-state index in [1.165, 1.54) is 7.11 Å². The van der Waals surface area contributed by atoms with Gasteiger partial charge in [-0.05, 0) is 74.5 Å². The van der Waals surface area contributed by atoms with Crippen LogP contribution < -0.4 is 4.74 Å². The summed E-state index contributed by atoms with van der Waals surface area (Å²) in [6.45, 7) is 1.53. The van der Waals surface area contributed by atoms with Crippen molar-refractivity contribution in [3.63, 3.8) is 0 Å². The molecule has 9 heteroatoms. The Kier molecular flexibility index (Phi) is 8.32. The standard InChI is InChI=1S/C28H28F4N2O3/c1-37-19-4-5-24-20(15-19)26(23(31)16-33-24)25(36)6-7-28(17-35)8-11-34(12-9-28)10-2-3-18-13-21(29)27(32)22(30)14-18/h4-5,13-16,25,35-36H,6-12,17H2,1H3/t25-/m0/s1. The van der Waals surface area contributed by atoms with Crippen LogP contribution in [-0.4, -0.2) is 53.4 Å². The minimum absolute atomic E-state index is 0.0561. The number of methoxy groups -OCH3 is 1. The van der Waals surface area contributed by atoms with E-state index in [4.69, 9.17) is 4.74 Å². The number of ether oxygens (including phenoxy) is 1. The first-order valence-corrected chi connectivity index (χ1v) is 12.0. The minimum Gasteiger partial charge on any atom is -0.497 e. The average Bonchev–Trinajstić information content (AvgIpc) is 2.90. The molecule has 1 saturated heterocycles. The van der Waals surface area contributed by atoms with E-state index < -0.39 is 34.8 Å². The predicted octanol–water partition coefficient (Wildman–Crippen LogP) is 4.74. The molecule has 1 aliphatic rings. The summed E-state index contributed by atoms with van der Waals surface area (Å²) in [5.41, 5.74) is 0.345. The lowest BCUT2D eigenvalue weighted by atomic mass is 9.74. The first-order valence-electron chi connectivity index (χ1n) is 12.0. The van der Waals surface area contributed by atoms with Crippen LogP contribution in [0.1, 0.15) is 42.9 Å². The van der Waals surface area contributed by atoms with Gasteiger partial charge in [-0.2, -0.15) is 0 Å². The summed E-state index contributed by atoms with van der Waals surface area (Å²) in [7, 11) is 1.51. The van der Waals surface area contributed by atoms with Crippen LogP contribution in [0, 0.1) is 40.5 Å². The molecule has 196 valence electrons. The van der Waals surface area contributed by atoms with Gasteiger partial charge in [0.1, 0.15) is 11.6 Å². The highest BCUT2D eigenvalue weighted by molar-refractivity contribution is 5.84. The van der Waals surface area contributed by atoms with Gasteiger partial charge in [-0.1, -0.05) is 11.8 Å². The van der Waals surface area contributed by atoms with Crippen LogP contribution in [0.4, 0.5) is 17.6 Å². The van der Waals surface area contributed by atoms with E-state index in [1.807, 2.05) is 0 Å². The first-order chi connectivity index (χ1) is 17.7. The van der Waals surface area contributed by atoms with Crippen molar-refractivity contribution >= 4 is 10.9 Å². The molecule has 0 spiro atoms. The van der Waals surface area contributed by atoms with E-state index in [1.54, 1.807) is 18.2 Å². The number of hydrogen-bond donors (Lipinski definition) is 2. The van der Waals surface area contributed by atoms with E-state index in [0.29, 0.717) is 55.5 Å². The number of aliphatic hydroxyl groups excluding tert-OH is 2. The number of benzene rings is 2. The molecule has 0 unspecified atom stereocenters. The molecular formula is C28H28F4N2O3. The van der Waals surface area contributed by atoms with Crippen LogP contribution in [0.3, 0.4) is 0 Å². The van der Waals surface area contributed by atoms with Gasteiger partial charge in [-0.3, -0.25) is 9.88 Å². The Labute approximate surface area is 212 Å². The van der Waals surface area contributed by atoms with Gasteiger partial charge < -0.3 is 14.9 Å². The molecule has 0 saturated carbocycles. The molecule has 2 heterocycles. The zero-order valence-corrected chi connectivity index (χ0v) is 20.4. The summed E-state index contributed by atoms with van der Waals surface area (Å²) in [5, 5.41) is 21.6. The van der Waals surface area contributed by atoms with Crippen LogP contribution in [-0.2, 0) is 0 Å². The van der Waals surface area contributed by atoms with Gasteiger partial charge in [0, 0.05) is 23.1 Å². The highest BCUT2D eigenvalue weighted by atomic mass is 19.2. The summed E-state index contributed by atoms with van der Waals surface area (Å²) in [6, 6.07) is 6.79. The number of pyridine rings is 1. The fourth-order valence-corrected chi connectivity index (χ4v) is 4.77. The van der Waals surface area contributed by atoms with Crippen molar-refractivity contribution in [3.8, 4) is 17.6 Å². The maximum Gasteiger partial charge on any atom is 0.194 e. The van der Waals surface area contributed by atoms with Crippen LogP contribution in [0.5, 0.6) is 5.75 Å². The molecule has 0 bridgehead atoms. The molecule has 1 atom stereocenters. The summed E-state index contributed by atoms with van der Waals surface area (Å²) in [5.74, 6) is 1.36. The molecular weight excluding hydrogens is 488 g/mol. The zero-order chi connectivity index (χ0) is 26.6. The summed E-state index contributed by atoms with van der Waals surface area (Å²) in [4.78, 5) is 6.14. The lowest BCUT2D eigenvalue weighted by molar-refractivity contribution is 0.0270. The zero-order valence-electron chi connectivity index (χ0n) is 20.4.